The minimum absolute atomic E-state index is 0.164. The topological polar surface area (TPSA) is 63.4 Å². The number of sulfonamides is 1. The molecule has 0 atom stereocenters. The molecule has 2 N–H and O–H groups in total. The molecule has 4 nitrogen and oxygen atoms in total. The van der Waals surface area contributed by atoms with Gasteiger partial charge in [-0.15, -0.1) is 11.3 Å². The molecule has 0 unspecified atom stereocenters. The van der Waals surface area contributed by atoms with Crippen LogP contribution in [0.5, 0.6) is 0 Å². The van der Waals surface area contributed by atoms with Gasteiger partial charge in [0.15, 0.2) is 0 Å². The summed E-state index contributed by atoms with van der Waals surface area (Å²) in [7, 11) is -3.39. The fourth-order valence-electron chi connectivity index (χ4n) is 2.21. The van der Waals surface area contributed by atoms with Gasteiger partial charge in [-0.25, -0.2) is 8.42 Å². The molecule has 0 bridgehead atoms. The molecule has 2 heterocycles. The lowest BCUT2D eigenvalue weighted by Crippen LogP contribution is -2.41. The van der Waals surface area contributed by atoms with Gasteiger partial charge in [-0.1, -0.05) is 12.2 Å². The maximum Gasteiger partial charge on any atom is 0.244 e. The Labute approximate surface area is 131 Å². The molecular formula is C11H15BrN2O2S3. The minimum Gasteiger partial charge on any atom is -0.393 e. The van der Waals surface area contributed by atoms with E-state index >= 15 is 0 Å². The summed E-state index contributed by atoms with van der Waals surface area (Å²) in [6, 6.07) is 1.68. The van der Waals surface area contributed by atoms with Crippen molar-refractivity contribution in [1.29, 1.82) is 0 Å². The Morgan fingerprint density at radius 1 is 1.53 bits per heavy atom. The van der Waals surface area contributed by atoms with Crippen molar-refractivity contribution in [2.75, 3.05) is 13.1 Å². The third-order valence-corrected chi connectivity index (χ3v) is 7.36. The van der Waals surface area contributed by atoms with E-state index in [0.29, 0.717) is 35.8 Å². The first-order valence-electron chi connectivity index (χ1n) is 5.88. The number of nitrogens with two attached hydrogens (primary N) is 1. The lowest BCUT2D eigenvalue weighted by Gasteiger charge is -2.30. The maximum atomic E-state index is 12.5. The summed E-state index contributed by atoms with van der Waals surface area (Å²) >= 11 is 9.74. The van der Waals surface area contributed by atoms with Gasteiger partial charge in [-0.3, -0.25) is 0 Å². The monoisotopic (exact) mass is 382 g/mol. The first-order chi connectivity index (χ1) is 8.82. The highest BCUT2D eigenvalue weighted by Crippen LogP contribution is 2.33. The van der Waals surface area contributed by atoms with Crippen molar-refractivity contribution in [3.05, 3.63) is 14.7 Å². The van der Waals surface area contributed by atoms with Crippen molar-refractivity contribution in [2.24, 2.45) is 11.7 Å². The first kappa shape index (κ1) is 15.4. The van der Waals surface area contributed by atoms with Crippen LogP contribution in [0.25, 0.3) is 0 Å². The normalized spacial score (nSPS) is 18.6. The van der Waals surface area contributed by atoms with Crippen molar-refractivity contribution in [1.82, 2.24) is 4.31 Å². The van der Waals surface area contributed by atoms with E-state index in [2.05, 4.69) is 15.9 Å². The Bertz CT molecular complexity index is 589. The second kappa shape index (κ2) is 5.77. The van der Waals surface area contributed by atoms with Crippen LogP contribution in [0.4, 0.5) is 0 Å². The molecular weight excluding hydrogens is 368 g/mol. The maximum absolute atomic E-state index is 12.5. The van der Waals surface area contributed by atoms with Crippen LogP contribution in [0, 0.1) is 12.8 Å². The third-order valence-electron chi connectivity index (χ3n) is 3.32. The number of thiophene rings is 1. The summed E-state index contributed by atoms with van der Waals surface area (Å²) in [4.78, 5) is 1.70. The Balaban J connectivity index is 2.19. The van der Waals surface area contributed by atoms with E-state index in [-0.39, 0.29) is 5.92 Å². The standard InChI is InChI=1S/C11H15BrN2O2S3/c1-7-9(6-10(12)18-7)19(15,16)14-4-2-8(3-5-14)11(13)17/h6,8H,2-5H2,1H3,(H2,13,17). The number of hydrogen-bond acceptors (Lipinski definition) is 4. The van der Waals surface area contributed by atoms with Crippen molar-refractivity contribution < 1.29 is 8.42 Å². The zero-order valence-corrected chi connectivity index (χ0v) is 14.5. The first-order valence-corrected chi connectivity index (χ1v) is 9.33. The van der Waals surface area contributed by atoms with Crippen molar-refractivity contribution in [2.45, 2.75) is 24.7 Å². The molecule has 0 radical (unpaired) electrons. The predicted octanol–water partition coefficient (Wildman–Crippen LogP) is 2.51. The highest BCUT2D eigenvalue weighted by Gasteiger charge is 2.31. The molecule has 1 aromatic heterocycles. The molecule has 1 saturated heterocycles. The average Bonchev–Trinajstić information content (AvgIpc) is 2.69. The fraction of sp³-hybridized carbons (Fsp3) is 0.545. The molecule has 1 aliphatic rings. The van der Waals surface area contributed by atoms with Gasteiger partial charge in [-0.2, -0.15) is 4.31 Å². The molecule has 106 valence electrons. The van der Waals surface area contributed by atoms with Gasteiger partial charge < -0.3 is 5.73 Å². The molecule has 1 fully saturated rings. The van der Waals surface area contributed by atoms with Crippen molar-refractivity contribution in [3.8, 4) is 0 Å². The Morgan fingerprint density at radius 2 is 2.11 bits per heavy atom. The second-order valence-corrected chi connectivity index (χ2v) is 9.56. The van der Waals surface area contributed by atoms with E-state index in [1.165, 1.54) is 15.6 Å². The van der Waals surface area contributed by atoms with Crippen LogP contribution in [0.15, 0.2) is 14.7 Å². The van der Waals surface area contributed by atoms with E-state index in [9.17, 15) is 8.42 Å². The molecule has 19 heavy (non-hydrogen) atoms. The largest absolute Gasteiger partial charge is 0.393 e. The average molecular weight is 383 g/mol. The van der Waals surface area contributed by atoms with Gasteiger partial charge in [0.25, 0.3) is 0 Å². The third kappa shape index (κ3) is 3.18. The van der Waals surface area contributed by atoms with Gasteiger partial charge >= 0.3 is 0 Å². The van der Waals surface area contributed by atoms with Gasteiger partial charge in [-0.05, 0) is 41.8 Å². The molecule has 0 aliphatic carbocycles. The summed E-state index contributed by atoms with van der Waals surface area (Å²) in [5.74, 6) is 0.164. The number of rotatable bonds is 3. The molecule has 1 aromatic rings. The van der Waals surface area contributed by atoms with E-state index < -0.39 is 10.0 Å². The number of thiocarbonyl (C=S) groups is 1. The summed E-state index contributed by atoms with van der Waals surface area (Å²) in [5, 5.41) is 0. The van der Waals surface area contributed by atoms with E-state index in [1.807, 2.05) is 6.92 Å². The van der Waals surface area contributed by atoms with Crippen LogP contribution in [-0.2, 0) is 10.0 Å². The van der Waals surface area contributed by atoms with Gasteiger partial charge in [0, 0.05) is 23.9 Å². The van der Waals surface area contributed by atoms with Crippen LogP contribution < -0.4 is 5.73 Å². The van der Waals surface area contributed by atoms with Crippen molar-refractivity contribution in [3.63, 3.8) is 0 Å². The Hall–Kier alpha value is -0.0200. The van der Waals surface area contributed by atoms with Gasteiger partial charge in [0.1, 0.15) is 0 Å². The Kier molecular flexibility index (Phi) is 4.67. The number of nitrogens with zero attached hydrogens (tertiary/aromatic N) is 1. The predicted molar refractivity (Wildman–Crippen MR) is 85.0 cm³/mol. The van der Waals surface area contributed by atoms with Crippen LogP contribution in [-0.4, -0.2) is 30.8 Å². The number of halogens is 1. The van der Waals surface area contributed by atoms with Gasteiger partial charge in [0.2, 0.25) is 10.0 Å². The number of aryl methyl sites for hydroxylation is 1. The number of piperidine rings is 1. The van der Waals surface area contributed by atoms with E-state index in [1.54, 1.807) is 6.07 Å². The lowest BCUT2D eigenvalue weighted by molar-refractivity contribution is 0.316. The van der Waals surface area contributed by atoms with Crippen LogP contribution >= 0.6 is 39.5 Å². The van der Waals surface area contributed by atoms with E-state index in [0.717, 1.165) is 8.66 Å². The summed E-state index contributed by atoms with van der Waals surface area (Å²) in [6.45, 7) is 2.79. The molecule has 0 spiro atoms. The van der Waals surface area contributed by atoms with Crippen molar-refractivity contribution >= 4 is 54.5 Å². The smallest absolute Gasteiger partial charge is 0.244 e. The summed E-state index contributed by atoms with van der Waals surface area (Å²) in [6.07, 6.45) is 1.41. The SMILES string of the molecule is Cc1sc(Br)cc1S(=O)(=O)N1CCC(C(N)=S)CC1. The highest BCUT2D eigenvalue weighted by molar-refractivity contribution is 9.11. The van der Waals surface area contributed by atoms with Crippen LogP contribution in [0.3, 0.4) is 0 Å². The zero-order chi connectivity index (χ0) is 14.2. The highest BCUT2D eigenvalue weighted by atomic mass is 79.9. The quantitative estimate of drug-likeness (QED) is 0.815. The fourth-order valence-corrected chi connectivity index (χ4v) is 6.30. The van der Waals surface area contributed by atoms with Gasteiger partial charge in [0.05, 0.1) is 13.7 Å². The number of hydrogen-bond donors (Lipinski definition) is 1. The van der Waals surface area contributed by atoms with Crippen LogP contribution in [0.1, 0.15) is 17.7 Å². The molecule has 0 saturated carbocycles. The summed E-state index contributed by atoms with van der Waals surface area (Å²) < 4.78 is 27.5. The molecule has 1 aliphatic heterocycles. The van der Waals surface area contributed by atoms with Crippen LogP contribution in [0.2, 0.25) is 0 Å². The molecule has 0 aromatic carbocycles. The Morgan fingerprint density at radius 3 is 2.53 bits per heavy atom. The molecule has 0 amide bonds. The molecule has 2 rings (SSSR count). The summed E-state index contributed by atoms with van der Waals surface area (Å²) in [5.41, 5.74) is 5.62. The second-order valence-electron chi connectivity index (χ2n) is 4.55. The minimum atomic E-state index is -3.39. The lowest BCUT2D eigenvalue weighted by atomic mass is 9.98. The zero-order valence-electron chi connectivity index (χ0n) is 10.4. The molecule has 8 heteroatoms. The van der Waals surface area contributed by atoms with E-state index in [4.69, 9.17) is 18.0 Å².